The molecule has 0 aliphatic carbocycles. The van der Waals surface area contributed by atoms with E-state index >= 15 is 0 Å². The molecule has 0 unspecified atom stereocenters. The Labute approximate surface area is 138 Å². The molecule has 9 nitrogen and oxygen atoms in total. The van der Waals surface area contributed by atoms with Crippen molar-refractivity contribution in [3.8, 4) is 0 Å². The quantitative estimate of drug-likeness (QED) is 0.448. The van der Waals surface area contributed by atoms with Gasteiger partial charge in [0.05, 0.1) is 13.4 Å². The summed E-state index contributed by atoms with van der Waals surface area (Å²) in [5.41, 5.74) is 0. The highest BCUT2D eigenvalue weighted by Gasteiger charge is 2.43. The number of rotatable bonds is 3. The SMILES string of the molecule is COC(=O)[C@@H]1C(=O)NC(N2CCN(C=O)CC2)=N[C@@H]1c1ccco1. The van der Waals surface area contributed by atoms with E-state index in [4.69, 9.17) is 9.15 Å². The van der Waals surface area contributed by atoms with Crippen LogP contribution in [0.3, 0.4) is 0 Å². The summed E-state index contributed by atoms with van der Waals surface area (Å²) in [7, 11) is 1.23. The number of nitrogens with one attached hydrogen (secondary N) is 1. The molecule has 1 N–H and O–H groups in total. The fraction of sp³-hybridized carbons (Fsp3) is 0.467. The zero-order chi connectivity index (χ0) is 17.1. The summed E-state index contributed by atoms with van der Waals surface area (Å²) in [6.07, 6.45) is 2.27. The van der Waals surface area contributed by atoms with E-state index in [1.807, 2.05) is 4.90 Å². The summed E-state index contributed by atoms with van der Waals surface area (Å²) < 4.78 is 10.1. The number of hydrogen-bond acceptors (Lipinski definition) is 7. The Kier molecular flexibility index (Phi) is 4.50. The number of aliphatic imine (C=N–C) groups is 1. The molecule has 1 aromatic heterocycles. The van der Waals surface area contributed by atoms with Crippen LogP contribution in [0.25, 0.3) is 0 Å². The molecular weight excluding hydrogens is 316 g/mol. The Bertz CT molecular complexity index is 649. The van der Waals surface area contributed by atoms with Crippen LogP contribution in [-0.4, -0.2) is 67.3 Å². The van der Waals surface area contributed by atoms with E-state index in [0.717, 1.165) is 6.41 Å². The number of hydrogen-bond donors (Lipinski definition) is 1. The van der Waals surface area contributed by atoms with Crippen molar-refractivity contribution in [2.24, 2.45) is 10.9 Å². The van der Waals surface area contributed by atoms with Crippen molar-refractivity contribution in [1.29, 1.82) is 0 Å². The van der Waals surface area contributed by atoms with Gasteiger partial charge in [0.25, 0.3) is 0 Å². The highest BCUT2D eigenvalue weighted by atomic mass is 16.5. The minimum absolute atomic E-state index is 0.382. The van der Waals surface area contributed by atoms with E-state index in [-0.39, 0.29) is 0 Å². The number of piperazine rings is 1. The second kappa shape index (κ2) is 6.73. The first kappa shape index (κ1) is 16.0. The lowest BCUT2D eigenvalue weighted by Crippen LogP contribution is -2.57. The van der Waals surface area contributed by atoms with Gasteiger partial charge in [0.2, 0.25) is 18.3 Å². The van der Waals surface area contributed by atoms with Crippen LogP contribution in [-0.2, 0) is 19.1 Å². The third kappa shape index (κ3) is 2.97. The van der Waals surface area contributed by atoms with E-state index < -0.39 is 23.8 Å². The predicted octanol–water partition coefficient (Wildman–Crippen LogP) is -0.630. The first-order valence-electron chi connectivity index (χ1n) is 7.58. The molecule has 2 aliphatic heterocycles. The molecule has 3 rings (SSSR count). The lowest BCUT2D eigenvalue weighted by molar-refractivity contribution is -0.151. The van der Waals surface area contributed by atoms with Crippen molar-refractivity contribution in [3.05, 3.63) is 24.2 Å². The van der Waals surface area contributed by atoms with Crippen LogP contribution in [0.5, 0.6) is 0 Å². The molecule has 1 saturated heterocycles. The van der Waals surface area contributed by atoms with Gasteiger partial charge in [-0.2, -0.15) is 0 Å². The lowest BCUT2D eigenvalue weighted by atomic mass is 9.95. The van der Waals surface area contributed by atoms with E-state index in [2.05, 4.69) is 10.3 Å². The smallest absolute Gasteiger partial charge is 0.320 e. The Hall–Kier alpha value is -2.84. The van der Waals surface area contributed by atoms with Crippen LogP contribution in [0.4, 0.5) is 0 Å². The average molecular weight is 334 g/mol. The van der Waals surface area contributed by atoms with Crippen molar-refractivity contribution >= 4 is 24.2 Å². The molecule has 128 valence electrons. The number of amides is 2. The Morgan fingerprint density at radius 1 is 1.42 bits per heavy atom. The summed E-state index contributed by atoms with van der Waals surface area (Å²) in [4.78, 5) is 43.3. The van der Waals surface area contributed by atoms with Gasteiger partial charge in [0.1, 0.15) is 11.8 Å². The molecule has 2 aliphatic rings. The van der Waals surface area contributed by atoms with Crippen LogP contribution < -0.4 is 5.32 Å². The third-order valence-electron chi connectivity index (χ3n) is 4.15. The first-order valence-corrected chi connectivity index (χ1v) is 7.58. The molecule has 0 radical (unpaired) electrons. The molecule has 9 heteroatoms. The van der Waals surface area contributed by atoms with Crippen LogP contribution in [0.1, 0.15) is 11.8 Å². The highest BCUT2D eigenvalue weighted by Crippen LogP contribution is 2.31. The number of furan rings is 1. The largest absolute Gasteiger partial charge is 0.468 e. The monoisotopic (exact) mass is 334 g/mol. The van der Waals surface area contributed by atoms with Gasteiger partial charge < -0.3 is 19.0 Å². The van der Waals surface area contributed by atoms with E-state index in [1.165, 1.54) is 13.4 Å². The zero-order valence-electron chi connectivity index (χ0n) is 13.2. The maximum Gasteiger partial charge on any atom is 0.320 e. The predicted molar refractivity (Wildman–Crippen MR) is 81.7 cm³/mol. The number of guanidine groups is 1. The fourth-order valence-electron chi connectivity index (χ4n) is 2.82. The van der Waals surface area contributed by atoms with Gasteiger partial charge in [-0.3, -0.25) is 19.7 Å². The molecule has 0 bridgehead atoms. The molecule has 0 aromatic carbocycles. The number of carbonyl (C=O) groups is 3. The van der Waals surface area contributed by atoms with Gasteiger partial charge in [-0.25, -0.2) is 4.99 Å². The zero-order valence-corrected chi connectivity index (χ0v) is 13.2. The number of esters is 1. The van der Waals surface area contributed by atoms with Crippen molar-refractivity contribution in [2.75, 3.05) is 33.3 Å². The second-order valence-corrected chi connectivity index (χ2v) is 5.53. The van der Waals surface area contributed by atoms with Gasteiger partial charge in [-0.1, -0.05) is 0 Å². The molecule has 0 spiro atoms. The number of carbonyl (C=O) groups excluding carboxylic acids is 3. The van der Waals surface area contributed by atoms with Crippen molar-refractivity contribution < 1.29 is 23.5 Å². The van der Waals surface area contributed by atoms with Crippen LogP contribution in [0.15, 0.2) is 27.8 Å². The number of methoxy groups -OCH3 is 1. The summed E-state index contributed by atoms with van der Waals surface area (Å²) in [6, 6.07) is 2.57. The van der Waals surface area contributed by atoms with E-state index in [0.29, 0.717) is 37.9 Å². The van der Waals surface area contributed by atoms with E-state index in [1.54, 1.807) is 17.0 Å². The highest BCUT2D eigenvalue weighted by molar-refractivity contribution is 6.08. The minimum Gasteiger partial charge on any atom is -0.468 e. The summed E-state index contributed by atoms with van der Waals surface area (Å²) in [6.45, 7) is 2.19. The molecule has 24 heavy (non-hydrogen) atoms. The van der Waals surface area contributed by atoms with Gasteiger partial charge in [0, 0.05) is 26.2 Å². The molecular formula is C15H18N4O5. The normalized spacial score (nSPS) is 24.2. The fourth-order valence-corrected chi connectivity index (χ4v) is 2.82. The van der Waals surface area contributed by atoms with Crippen LogP contribution in [0.2, 0.25) is 0 Å². The third-order valence-corrected chi connectivity index (χ3v) is 4.15. The molecule has 2 atom stereocenters. The van der Waals surface area contributed by atoms with Crippen molar-refractivity contribution in [1.82, 2.24) is 15.1 Å². The van der Waals surface area contributed by atoms with Gasteiger partial charge in [-0.15, -0.1) is 0 Å². The summed E-state index contributed by atoms with van der Waals surface area (Å²) in [5, 5.41) is 2.66. The molecule has 0 saturated carbocycles. The summed E-state index contributed by atoms with van der Waals surface area (Å²) >= 11 is 0. The molecule has 1 fully saturated rings. The maximum absolute atomic E-state index is 12.4. The van der Waals surface area contributed by atoms with Gasteiger partial charge in [0.15, 0.2) is 5.92 Å². The number of ether oxygens (including phenoxy) is 1. The van der Waals surface area contributed by atoms with Gasteiger partial charge >= 0.3 is 5.97 Å². The second-order valence-electron chi connectivity index (χ2n) is 5.53. The lowest BCUT2D eigenvalue weighted by Gasteiger charge is -2.37. The van der Waals surface area contributed by atoms with Crippen molar-refractivity contribution in [3.63, 3.8) is 0 Å². The van der Waals surface area contributed by atoms with E-state index in [9.17, 15) is 14.4 Å². The standard InChI is InChI=1S/C15H18N4O5/c1-23-14(22)11-12(10-3-2-8-24-10)16-15(17-13(11)21)19-6-4-18(9-20)5-7-19/h2-3,8-9,11-12H,4-7H2,1H3,(H,16,17,21)/t11-,12+/m0/s1. The molecule has 2 amide bonds. The summed E-state index contributed by atoms with van der Waals surface area (Å²) in [5.74, 6) is -1.44. The Morgan fingerprint density at radius 2 is 2.17 bits per heavy atom. The van der Waals surface area contributed by atoms with Crippen molar-refractivity contribution in [2.45, 2.75) is 6.04 Å². The number of nitrogens with zero attached hydrogens (tertiary/aromatic N) is 3. The van der Waals surface area contributed by atoms with Gasteiger partial charge in [-0.05, 0) is 12.1 Å². The topological polar surface area (TPSA) is 104 Å². The molecule has 1 aromatic rings. The van der Waals surface area contributed by atoms with Crippen LogP contribution in [0, 0.1) is 5.92 Å². The average Bonchev–Trinajstić information content (AvgIpc) is 3.15. The molecule has 3 heterocycles. The Balaban J connectivity index is 1.87. The maximum atomic E-state index is 12.4. The van der Waals surface area contributed by atoms with Crippen LogP contribution >= 0.6 is 0 Å². The Morgan fingerprint density at radius 3 is 2.75 bits per heavy atom. The minimum atomic E-state index is -1.10. The first-order chi connectivity index (χ1) is 11.6.